The number of benzene rings is 2. The quantitative estimate of drug-likeness (QED) is 0.134. The number of aryl methyl sites for hydroxylation is 1. The third kappa shape index (κ3) is 8.16. The molecule has 2 aromatic heterocycles. The summed E-state index contributed by atoms with van der Waals surface area (Å²) in [6.07, 6.45) is 6.35. The van der Waals surface area contributed by atoms with Gasteiger partial charge in [0.1, 0.15) is 11.8 Å². The standard InChI is InChI=1S/C30H37N5O3S/c31-15-4-3-5-23-12-13-24(39-23)14-16-33-30(38)28(18-21-19-34-27-7-2-1-6-25(21)27)35-29(37)26(32)17-20-8-10-22(36)11-9-20/h1-2,6-13,19,26,28,34,36H,3-5,14-18,31-32H2,(H,33,38)(H,35,37)/t26-,28-/m0/s1. The summed E-state index contributed by atoms with van der Waals surface area (Å²) in [6.45, 7) is 1.18. The normalized spacial score (nSPS) is 12.8. The Bertz CT molecular complexity index is 1360. The largest absolute Gasteiger partial charge is 0.508 e. The number of thiophene rings is 1. The molecule has 4 aromatic rings. The monoisotopic (exact) mass is 547 g/mol. The second-order valence-electron chi connectivity index (χ2n) is 9.76. The molecule has 0 saturated carbocycles. The summed E-state index contributed by atoms with van der Waals surface area (Å²) in [7, 11) is 0. The van der Waals surface area contributed by atoms with Crippen molar-refractivity contribution in [3.05, 3.63) is 87.7 Å². The molecule has 0 unspecified atom stereocenters. The molecule has 2 heterocycles. The second-order valence-corrected chi connectivity index (χ2v) is 11.0. The molecule has 0 saturated heterocycles. The van der Waals surface area contributed by atoms with E-state index in [1.807, 2.05) is 30.5 Å². The molecule has 0 spiro atoms. The molecule has 0 aliphatic rings. The van der Waals surface area contributed by atoms with E-state index in [9.17, 15) is 14.7 Å². The maximum atomic E-state index is 13.3. The van der Waals surface area contributed by atoms with E-state index in [2.05, 4.69) is 27.8 Å². The molecule has 0 fully saturated rings. The molecule has 0 bridgehead atoms. The molecule has 2 aromatic carbocycles. The average molecular weight is 548 g/mol. The van der Waals surface area contributed by atoms with Crippen LogP contribution in [0.3, 0.4) is 0 Å². The number of para-hydroxylation sites is 1. The highest BCUT2D eigenvalue weighted by Crippen LogP contribution is 2.20. The van der Waals surface area contributed by atoms with Crippen LogP contribution in [0.5, 0.6) is 5.75 Å². The molecule has 0 aliphatic carbocycles. The molecule has 0 aliphatic heterocycles. The lowest BCUT2D eigenvalue weighted by Gasteiger charge is -2.21. The number of H-pyrrole nitrogens is 1. The van der Waals surface area contributed by atoms with Gasteiger partial charge >= 0.3 is 0 Å². The molecular formula is C30H37N5O3S. The lowest BCUT2D eigenvalue weighted by atomic mass is 10.0. The van der Waals surface area contributed by atoms with Crippen molar-refractivity contribution in [2.75, 3.05) is 13.1 Å². The zero-order valence-electron chi connectivity index (χ0n) is 22.0. The molecule has 2 atom stereocenters. The number of nitrogens with one attached hydrogen (secondary N) is 3. The average Bonchev–Trinajstić information content (AvgIpc) is 3.56. The first-order valence-corrected chi connectivity index (χ1v) is 14.2. The van der Waals surface area contributed by atoms with Crippen molar-refractivity contribution in [2.24, 2.45) is 11.5 Å². The van der Waals surface area contributed by atoms with Crippen molar-refractivity contribution < 1.29 is 14.7 Å². The van der Waals surface area contributed by atoms with Gasteiger partial charge in [0.25, 0.3) is 0 Å². The molecule has 8 N–H and O–H groups in total. The zero-order valence-corrected chi connectivity index (χ0v) is 22.8. The van der Waals surface area contributed by atoms with Gasteiger partial charge in [0, 0.05) is 39.8 Å². The Hall–Kier alpha value is -3.66. The van der Waals surface area contributed by atoms with E-state index in [0.717, 1.165) is 47.7 Å². The van der Waals surface area contributed by atoms with Crippen LogP contribution in [0.1, 0.15) is 33.7 Å². The third-order valence-corrected chi connectivity index (χ3v) is 7.93. The minimum Gasteiger partial charge on any atom is -0.508 e. The highest BCUT2D eigenvalue weighted by Gasteiger charge is 2.25. The van der Waals surface area contributed by atoms with Crippen molar-refractivity contribution in [1.29, 1.82) is 0 Å². The maximum Gasteiger partial charge on any atom is 0.242 e. The Balaban J connectivity index is 1.39. The van der Waals surface area contributed by atoms with Crippen molar-refractivity contribution in [1.82, 2.24) is 15.6 Å². The van der Waals surface area contributed by atoms with Crippen LogP contribution in [0.15, 0.2) is 66.9 Å². The van der Waals surface area contributed by atoms with Gasteiger partial charge in [-0.05, 0) is 80.1 Å². The van der Waals surface area contributed by atoms with Crippen molar-refractivity contribution in [3.8, 4) is 5.75 Å². The van der Waals surface area contributed by atoms with Crippen molar-refractivity contribution >= 4 is 34.1 Å². The van der Waals surface area contributed by atoms with Gasteiger partial charge in [0.05, 0.1) is 6.04 Å². The van der Waals surface area contributed by atoms with Crippen LogP contribution in [0.2, 0.25) is 0 Å². The Morgan fingerprint density at radius 3 is 2.44 bits per heavy atom. The Labute approximate surface area is 232 Å². The van der Waals surface area contributed by atoms with Gasteiger partial charge in [-0.25, -0.2) is 0 Å². The molecule has 39 heavy (non-hydrogen) atoms. The number of aromatic nitrogens is 1. The van der Waals surface area contributed by atoms with Gasteiger partial charge in [-0.1, -0.05) is 30.3 Å². The second kappa shape index (κ2) is 13.9. The fourth-order valence-corrected chi connectivity index (χ4v) is 5.61. The Kier molecular flexibility index (Phi) is 10.1. The van der Waals surface area contributed by atoms with E-state index in [-0.39, 0.29) is 11.7 Å². The summed E-state index contributed by atoms with van der Waals surface area (Å²) in [5.74, 6) is -0.494. The number of amides is 2. The number of phenolic OH excluding ortho intramolecular Hbond substituents is 1. The number of aromatic amines is 1. The van der Waals surface area contributed by atoms with Crippen LogP contribution in [-0.2, 0) is 35.3 Å². The summed E-state index contributed by atoms with van der Waals surface area (Å²) in [4.78, 5) is 32.1. The number of nitrogens with two attached hydrogens (primary N) is 2. The first-order chi connectivity index (χ1) is 18.9. The third-order valence-electron chi connectivity index (χ3n) is 6.73. The lowest BCUT2D eigenvalue weighted by molar-refractivity contribution is -0.129. The van der Waals surface area contributed by atoms with Gasteiger partial charge < -0.3 is 32.2 Å². The number of carbonyl (C=O) groups is 2. The fraction of sp³-hybridized carbons (Fsp3) is 0.333. The summed E-state index contributed by atoms with van der Waals surface area (Å²) < 4.78 is 0. The molecule has 0 radical (unpaired) electrons. The lowest BCUT2D eigenvalue weighted by Crippen LogP contribution is -2.53. The number of carbonyl (C=O) groups excluding carboxylic acids is 2. The van der Waals surface area contributed by atoms with E-state index < -0.39 is 18.0 Å². The van der Waals surface area contributed by atoms with E-state index in [4.69, 9.17) is 11.5 Å². The van der Waals surface area contributed by atoms with E-state index in [1.165, 1.54) is 9.75 Å². The minimum atomic E-state index is -0.836. The van der Waals surface area contributed by atoms with E-state index in [1.54, 1.807) is 35.6 Å². The van der Waals surface area contributed by atoms with Crippen LogP contribution < -0.4 is 22.1 Å². The number of hydrogen-bond donors (Lipinski definition) is 6. The zero-order chi connectivity index (χ0) is 27.6. The molecule has 4 rings (SSSR count). The highest BCUT2D eigenvalue weighted by atomic mass is 32.1. The first kappa shape index (κ1) is 28.4. The molecule has 206 valence electrons. The van der Waals surface area contributed by atoms with Crippen LogP contribution in [0, 0.1) is 0 Å². The number of hydrogen-bond acceptors (Lipinski definition) is 6. The van der Waals surface area contributed by atoms with Crippen LogP contribution in [-0.4, -0.2) is 47.1 Å². The number of fused-ring (bicyclic) bond motifs is 1. The first-order valence-electron chi connectivity index (χ1n) is 13.4. The Morgan fingerprint density at radius 1 is 0.923 bits per heavy atom. The van der Waals surface area contributed by atoms with Crippen LogP contribution in [0.4, 0.5) is 0 Å². The van der Waals surface area contributed by atoms with E-state index >= 15 is 0 Å². The number of aromatic hydroxyl groups is 1. The molecule has 8 nitrogen and oxygen atoms in total. The smallest absolute Gasteiger partial charge is 0.242 e. The SMILES string of the molecule is NCCCCc1ccc(CCNC(=O)[C@H](Cc2c[nH]c3ccccc23)NC(=O)[C@@H](N)Cc2ccc(O)cc2)s1. The van der Waals surface area contributed by atoms with Gasteiger partial charge in [0.15, 0.2) is 0 Å². The van der Waals surface area contributed by atoms with Crippen LogP contribution >= 0.6 is 11.3 Å². The van der Waals surface area contributed by atoms with Crippen molar-refractivity contribution in [3.63, 3.8) is 0 Å². The van der Waals surface area contributed by atoms with Gasteiger partial charge in [-0.2, -0.15) is 0 Å². The van der Waals surface area contributed by atoms with Crippen molar-refractivity contribution in [2.45, 2.75) is 50.6 Å². The molecule has 9 heteroatoms. The Morgan fingerprint density at radius 2 is 1.67 bits per heavy atom. The van der Waals surface area contributed by atoms with Gasteiger partial charge in [-0.15, -0.1) is 11.3 Å². The maximum absolute atomic E-state index is 13.3. The number of rotatable bonds is 14. The predicted octanol–water partition coefficient (Wildman–Crippen LogP) is 3.17. The van der Waals surface area contributed by atoms with Gasteiger partial charge in [0.2, 0.25) is 11.8 Å². The van der Waals surface area contributed by atoms with Gasteiger partial charge in [-0.3, -0.25) is 9.59 Å². The summed E-state index contributed by atoms with van der Waals surface area (Å²) >= 11 is 1.77. The molecule has 2 amide bonds. The van der Waals surface area contributed by atoms with Crippen LogP contribution in [0.25, 0.3) is 10.9 Å². The summed E-state index contributed by atoms with van der Waals surface area (Å²) in [5.41, 5.74) is 14.5. The summed E-state index contributed by atoms with van der Waals surface area (Å²) in [5, 5.41) is 16.4. The molecular weight excluding hydrogens is 510 g/mol. The topological polar surface area (TPSA) is 146 Å². The predicted molar refractivity (Wildman–Crippen MR) is 157 cm³/mol. The number of unbranched alkanes of at least 4 members (excludes halogenated alkanes) is 1. The summed E-state index contributed by atoms with van der Waals surface area (Å²) in [6, 6.07) is 17.1. The fourth-order valence-electron chi connectivity index (χ4n) is 4.55. The number of phenols is 1. The van der Waals surface area contributed by atoms with E-state index in [0.29, 0.717) is 25.9 Å². The highest BCUT2D eigenvalue weighted by molar-refractivity contribution is 7.12. The minimum absolute atomic E-state index is 0.151.